The highest BCUT2D eigenvalue weighted by molar-refractivity contribution is 6.30. The monoisotopic (exact) mass is 256 g/mol. The molecule has 1 heterocycles. The van der Waals surface area contributed by atoms with Gasteiger partial charge >= 0.3 is 0 Å². The molecule has 1 aliphatic rings. The van der Waals surface area contributed by atoms with Crippen molar-refractivity contribution in [1.29, 1.82) is 0 Å². The van der Waals surface area contributed by atoms with Crippen LogP contribution in [0.15, 0.2) is 46.4 Å². The van der Waals surface area contributed by atoms with E-state index < -0.39 is 5.78 Å². The van der Waals surface area contributed by atoms with E-state index in [0.717, 1.165) is 0 Å². The number of hydrogen-bond acceptors (Lipinski definition) is 4. The van der Waals surface area contributed by atoms with Gasteiger partial charge in [-0.3, -0.25) is 14.4 Å². The first-order valence-electron chi connectivity index (χ1n) is 5.74. The van der Waals surface area contributed by atoms with Crippen LogP contribution in [-0.4, -0.2) is 17.3 Å². The molecule has 0 unspecified atom stereocenters. The van der Waals surface area contributed by atoms with Crippen molar-refractivity contribution in [1.82, 2.24) is 0 Å². The Morgan fingerprint density at radius 3 is 2.47 bits per heavy atom. The van der Waals surface area contributed by atoms with Crippen molar-refractivity contribution < 1.29 is 18.8 Å². The molecule has 96 valence electrons. The lowest BCUT2D eigenvalue weighted by Crippen LogP contribution is -2.21. The van der Waals surface area contributed by atoms with Crippen molar-refractivity contribution in [2.75, 3.05) is 0 Å². The van der Waals surface area contributed by atoms with Crippen LogP contribution in [0, 0.1) is 0 Å². The van der Waals surface area contributed by atoms with Gasteiger partial charge in [0, 0.05) is 18.1 Å². The van der Waals surface area contributed by atoms with Crippen LogP contribution in [0.1, 0.15) is 45.3 Å². The molecule has 0 atom stereocenters. The predicted octanol–water partition coefficient (Wildman–Crippen LogP) is 2.92. The maximum atomic E-state index is 12.2. The van der Waals surface area contributed by atoms with Crippen molar-refractivity contribution in [2.45, 2.75) is 13.8 Å². The Labute approximate surface area is 110 Å². The van der Waals surface area contributed by atoms with E-state index in [1.807, 2.05) is 0 Å². The van der Waals surface area contributed by atoms with E-state index in [4.69, 9.17) is 4.42 Å². The van der Waals surface area contributed by atoms with Gasteiger partial charge in [0.1, 0.15) is 0 Å². The molecule has 4 nitrogen and oxygen atoms in total. The highest BCUT2D eigenvalue weighted by atomic mass is 16.4. The molecule has 19 heavy (non-hydrogen) atoms. The lowest BCUT2D eigenvalue weighted by Gasteiger charge is -2.14. The second-order valence-corrected chi connectivity index (χ2v) is 4.09. The van der Waals surface area contributed by atoms with Gasteiger partial charge in [-0.2, -0.15) is 0 Å². The first-order valence-corrected chi connectivity index (χ1v) is 5.74. The Kier molecular flexibility index (Phi) is 3.17. The largest absolute Gasteiger partial charge is 0.449 e. The summed E-state index contributed by atoms with van der Waals surface area (Å²) in [6.45, 7) is 6.51. The molecule has 0 aliphatic heterocycles. The van der Waals surface area contributed by atoms with Crippen LogP contribution in [-0.2, 0) is 0 Å². The summed E-state index contributed by atoms with van der Waals surface area (Å²) in [4.78, 5) is 35.8. The van der Waals surface area contributed by atoms with E-state index in [9.17, 15) is 14.4 Å². The normalized spacial score (nSPS) is 18.8. The van der Waals surface area contributed by atoms with Crippen LogP contribution in [0.3, 0.4) is 0 Å². The van der Waals surface area contributed by atoms with Crippen LogP contribution < -0.4 is 0 Å². The van der Waals surface area contributed by atoms with E-state index in [1.165, 1.54) is 25.1 Å². The van der Waals surface area contributed by atoms with Gasteiger partial charge in [0.05, 0.1) is 5.56 Å². The van der Waals surface area contributed by atoms with Crippen LogP contribution in [0.4, 0.5) is 0 Å². The maximum absolute atomic E-state index is 12.2. The number of ketones is 3. The van der Waals surface area contributed by atoms with Crippen LogP contribution >= 0.6 is 0 Å². The van der Waals surface area contributed by atoms with E-state index in [2.05, 4.69) is 6.58 Å². The number of furan rings is 1. The summed E-state index contributed by atoms with van der Waals surface area (Å²) in [5.74, 6) is -1.11. The van der Waals surface area contributed by atoms with Gasteiger partial charge in [0.25, 0.3) is 0 Å². The summed E-state index contributed by atoms with van der Waals surface area (Å²) in [5, 5.41) is 0. The van der Waals surface area contributed by atoms with Gasteiger partial charge in [-0.1, -0.05) is 24.8 Å². The van der Waals surface area contributed by atoms with Crippen LogP contribution in [0.2, 0.25) is 0 Å². The van der Waals surface area contributed by atoms with Crippen molar-refractivity contribution in [3.8, 4) is 0 Å². The third-order valence-corrected chi connectivity index (χ3v) is 2.88. The third-order valence-electron chi connectivity index (χ3n) is 2.88. The molecule has 0 bridgehead atoms. The van der Waals surface area contributed by atoms with Gasteiger partial charge < -0.3 is 4.42 Å². The molecule has 0 radical (unpaired) electrons. The van der Waals surface area contributed by atoms with E-state index >= 15 is 0 Å². The number of fused-ring (bicyclic) bond motifs is 1. The lowest BCUT2D eigenvalue weighted by molar-refractivity contribution is 0.0942. The average molecular weight is 256 g/mol. The molecule has 1 aromatic heterocycles. The fourth-order valence-corrected chi connectivity index (χ4v) is 1.98. The minimum atomic E-state index is -0.407. The third kappa shape index (κ3) is 1.91. The molecular formula is C15H12O4. The summed E-state index contributed by atoms with van der Waals surface area (Å²) in [6.07, 6.45) is 4.47. The molecule has 0 N–H and O–H groups in total. The molecule has 2 rings (SSSR count). The Morgan fingerprint density at radius 2 is 1.95 bits per heavy atom. The zero-order valence-corrected chi connectivity index (χ0v) is 10.6. The molecule has 4 heteroatoms. The van der Waals surface area contributed by atoms with Gasteiger partial charge in [-0.25, -0.2) is 0 Å². The Hall–Kier alpha value is -2.49. The van der Waals surface area contributed by atoms with Gasteiger partial charge in [0.15, 0.2) is 23.1 Å². The highest BCUT2D eigenvalue weighted by Crippen LogP contribution is 2.31. The number of carbonyl (C=O) groups is 3. The van der Waals surface area contributed by atoms with E-state index in [0.29, 0.717) is 5.57 Å². The second-order valence-electron chi connectivity index (χ2n) is 4.09. The molecule has 0 saturated heterocycles. The first-order chi connectivity index (χ1) is 9.01. The molecule has 0 amide bonds. The highest BCUT2D eigenvalue weighted by Gasteiger charge is 2.36. The van der Waals surface area contributed by atoms with Gasteiger partial charge in [0.2, 0.25) is 5.78 Å². The molecule has 0 aromatic carbocycles. The number of hydrogen-bond donors (Lipinski definition) is 0. The number of Topliss-reactive ketones (excluding diaryl/α,β-unsaturated/α-hetero) is 3. The zero-order chi connectivity index (χ0) is 14.2. The minimum absolute atomic E-state index is 0.0157. The number of carbonyl (C=O) groups excluding carboxylic acids is 3. The topological polar surface area (TPSA) is 64.3 Å². The van der Waals surface area contributed by atoms with Crippen molar-refractivity contribution >= 4 is 17.3 Å². The van der Waals surface area contributed by atoms with Crippen molar-refractivity contribution in [3.05, 3.63) is 59.1 Å². The zero-order valence-electron chi connectivity index (χ0n) is 10.6. The predicted molar refractivity (Wildman–Crippen MR) is 69.4 cm³/mol. The Balaban J connectivity index is 2.71. The second kappa shape index (κ2) is 4.65. The van der Waals surface area contributed by atoms with Crippen LogP contribution in [0.25, 0.3) is 0 Å². The fraction of sp³-hybridized carbons (Fsp3) is 0.133. The first kappa shape index (κ1) is 13.0. The number of rotatable bonds is 2. The Bertz CT molecular complexity index is 668. The van der Waals surface area contributed by atoms with E-state index in [-0.39, 0.29) is 34.2 Å². The fourth-order valence-electron chi connectivity index (χ4n) is 1.98. The number of allylic oxidation sites excluding steroid dienone is 5. The molecule has 0 fully saturated rings. The summed E-state index contributed by atoms with van der Waals surface area (Å²) in [7, 11) is 0. The molecular weight excluding hydrogens is 244 g/mol. The summed E-state index contributed by atoms with van der Waals surface area (Å²) in [6, 6.07) is 1.33. The molecule has 0 spiro atoms. The van der Waals surface area contributed by atoms with E-state index in [1.54, 1.807) is 13.0 Å². The summed E-state index contributed by atoms with van der Waals surface area (Å²) in [5.41, 5.74) is 0.678. The molecule has 1 aromatic rings. The molecule has 0 saturated carbocycles. The minimum Gasteiger partial charge on any atom is -0.449 e. The Morgan fingerprint density at radius 1 is 1.26 bits per heavy atom. The average Bonchev–Trinajstić information content (AvgIpc) is 2.82. The standard InChI is InChI=1S/C15H12O4/c1-4-6-10-9(5-2)13(17)11-7-12(8(3)16)19-15(11)14(10)18/h4-7H,1H2,2-3H3/b9-5+,10-6+. The van der Waals surface area contributed by atoms with Gasteiger partial charge in [-0.15, -0.1) is 0 Å². The SMILES string of the molecule is C=C/C=C1/C(=O)c2oc(C(C)=O)cc2C(=O)/C1=C/C. The summed E-state index contributed by atoms with van der Waals surface area (Å²) < 4.78 is 5.20. The van der Waals surface area contributed by atoms with Crippen molar-refractivity contribution in [3.63, 3.8) is 0 Å². The lowest BCUT2D eigenvalue weighted by atomic mass is 9.86. The maximum Gasteiger partial charge on any atom is 0.229 e. The van der Waals surface area contributed by atoms with Gasteiger partial charge in [-0.05, 0) is 13.0 Å². The smallest absolute Gasteiger partial charge is 0.229 e. The molecule has 1 aliphatic carbocycles. The van der Waals surface area contributed by atoms with Crippen molar-refractivity contribution in [2.24, 2.45) is 0 Å². The quantitative estimate of drug-likeness (QED) is 0.602. The van der Waals surface area contributed by atoms with Crippen LogP contribution in [0.5, 0.6) is 0 Å². The summed E-state index contributed by atoms with van der Waals surface area (Å²) >= 11 is 0.